The predicted molar refractivity (Wildman–Crippen MR) is 72.7 cm³/mol. The van der Waals surface area contributed by atoms with Gasteiger partial charge in [-0.3, -0.25) is 0 Å². The standard InChI is InChI=1S/C14H23N3O/c1-11(2)18-14-12(5-3-8-17-14)9-15-10-13-6-4-7-16-13/h3,5,8,11,13,15-16H,4,6-7,9-10H2,1-2H3. The van der Waals surface area contributed by atoms with Gasteiger partial charge in [-0.05, 0) is 39.3 Å². The smallest absolute Gasteiger partial charge is 0.218 e. The van der Waals surface area contributed by atoms with Gasteiger partial charge in [0.1, 0.15) is 0 Å². The first-order chi connectivity index (χ1) is 8.75. The third kappa shape index (κ3) is 3.96. The Kier molecular flexibility index (Phi) is 4.96. The minimum absolute atomic E-state index is 0.162. The zero-order chi connectivity index (χ0) is 12.8. The molecule has 0 aromatic carbocycles. The van der Waals surface area contributed by atoms with E-state index in [0.29, 0.717) is 6.04 Å². The molecule has 4 nitrogen and oxygen atoms in total. The highest BCUT2D eigenvalue weighted by molar-refractivity contribution is 5.25. The first kappa shape index (κ1) is 13.3. The fourth-order valence-electron chi connectivity index (χ4n) is 2.20. The first-order valence-electron chi connectivity index (χ1n) is 6.80. The van der Waals surface area contributed by atoms with E-state index in [1.807, 2.05) is 19.9 Å². The molecule has 0 bridgehead atoms. The van der Waals surface area contributed by atoms with Crippen LogP contribution >= 0.6 is 0 Å². The van der Waals surface area contributed by atoms with Crippen LogP contribution in [0.1, 0.15) is 32.3 Å². The van der Waals surface area contributed by atoms with Gasteiger partial charge in [0, 0.05) is 30.9 Å². The summed E-state index contributed by atoms with van der Waals surface area (Å²) in [6.07, 6.45) is 4.51. The van der Waals surface area contributed by atoms with E-state index in [1.54, 1.807) is 6.20 Å². The summed E-state index contributed by atoms with van der Waals surface area (Å²) in [6, 6.07) is 4.65. The number of nitrogens with one attached hydrogen (secondary N) is 2. The molecule has 100 valence electrons. The molecule has 0 radical (unpaired) electrons. The van der Waals surface area contributed by atoms with E-state index in [2.05, 4.69) is 21.7 Å². The number of pyridine rings is 1. The number of aromatic nitrogens is 1. The number of hydrogen-bond donors (Lipinski definition) is 2. The van der Waals surface area contributed by atoms with Crippen LogP contribution in [0.15, 0.2) is 18.3 Å². The summed E-state index contributed by atoms with van der Waals surface area (Å²) in [5.74, 6) is 0.749. The highest BCUT2D eigenvalue weighted by Gasteiger charge is 2.13. The monoisotopic (exact) mass is 249 g/mol. The van der Waals surface area contributed by atoms with Crippen LogP contribution < -0.4 is 15.4 Å². The van der Waals surface area contributed by atoms with Gasteiger partial charge in [0.2, 0.25) is 5.88 Å². The molecule has 0 amide bonds. The minimum Gasteiger partial charge on any atom is -0.475 e. The third-order valence-corrected chi connectivity index (χ3v) is 3.07. The van der Waals surface area contributed by atoms with Crippen LogP contribution in [-0.4, -0.2) is 30.2 Å². The maximum absolute atomic E-state index is 5.70. The van der Waals surface area contributed by atoms with Crippen molar-refractivity contribution in [3.05, 3.63) is 23.9 Å². The molecule has 1 aromatic rings. The molecule has 2 rings (SSSR count). The number of rotatable bonds is 6. The molecule has 2 N–H and O–H groups in total. The molecule has 1 aromatic heterocycles. The molecular weight excluding hydrogens is 226 g/mol. The molecule has 4 heteroatoms. The van der Waals surface area contributed by atoms with Gasteiger partial charge in [-0.25, -0.2) is 4.98 Å². The Morgan fingerprint density at radius 1 is 1.56 bits per heavy atom. The van der Waals surface area contributed by atoms with Gasteiger partial charge >= 0.3 is 0 Å². The molecule has 1 fully saturated rings. The quantitative estimate of drug-likeness (QED) is 0.805. The lowest BCUT2D eigenvalue weighted by atomic mass is 10.2. The van der Waals surface area contributed by atoms with Gasteiger partial charge in [-0.2, -0.15) is 0 Å². The van der Waals surface area contributed by atoms with Crippen molar-refractivity contribution in [2.75, 3.05) is 13.1 Å². The van der Waals surface area contributed by atoms with Gasteiger partial charge in [-0.15, -0.1) is 0 Å². The minimum atomic E-state index is 0.162. The van der Waals surface area contributed by atoms with Crippen molar-refractivity contribution in [1.29, 1.82) is 0 Å². The maximum Gasteiger partial charge on any atom is 0.218 e. The molecule has 1 unspecified atom stereocenters. The molecule has 0 aliphatic carbocycles. The Balaban J connectivity index is 1.83. The Hall–Kier alpha value is -1.13. The summed E-state index contributed by atoms with van der Waals surface area (Å²) < 4.78 is 5.70. The highest BCUT2D eigenvalue weighted by Crippen LogP contribution is 2.15. The second-order valence-corrected chi connectivity index (χ2v) is 5.06. The van der Waals surface area contributed by atoms with Crippen molar-refractivity contribution in [3.63, 3.8) is 0 Å². The topological polar surface area (TPSA) is 46.2 Å². The molecule has 1 aliphatic rings. The zero-order valence-electron chi connectivity index (χ0n) is 11.3. The van der Waals surface area contributed by atoms with Crippen LogP contribution in [-0.2, 0) is 6.54 Å². The lowest BCUT2D eigenvalue weighted by molar-refractivity contribution is 0.229. The van der Waals surface area contributed by atoms with Gasteiger partial charge in [0.15, 0.2) is 0 Å². The second-order valence-electron chi connectivity index (χ2n) is 5.06. The predicted octanol–water partition coefficient (Wildman–Crippen LogP) is 1.71. The van der Waals surface area contributed by atoms with Crippen LogP contribution in [0.4, 0.5) is 0 Å². The summed E-state index contributed by atoms with van der Waals surface area (Å²) in [5.41, 5.74) is 1.13. The van der Waals surface area contributed by atoms with Crippen LogP contribution in [0.5, 0.6) is 5.88 Å². The van der Waals surface area contributed by atoms with Gasteiger partial charge in [0.05, 0.1) is 6.10 Å². The molecule has 1 saturated heterocycles. The van der Waals surface area contributed by atoms with Crippen LogP contribution in [0.2, 0.25) is 0 Å². The Morgan fingerprint density at radius 3 is 3.17 bits per heavy atom. The fourth-order valence-corrected chi connectivity index (χ4v) is 2.20. The molecular formula is C14H23N3O. The van der Waals surface area contributed by atoms with E-state index in [9.17, 15) is 0 Å². The summed E-state index contributed by atoms with van der Waals surface area (Å²) >= 11 is 0. The van der Waals surface area contributed by atoms with E-state index in [4.69, 9.17) is 4.74 Å². The average Bonchev–Trinajstić information content (AvgIpc) is 2.84. The van der Waals surface area contributed by atoms with Crippen molar-refractivity contribution < 1.29 is 4.74 Å². The SMILES string of the molecule is CC(C)Oc1ncccc1CNCC1CCCN1. The number of ether oxygens (including phenoxy) is 1. The van der Waals surface area contributed by atoms with Crippen LogP contribution in [0, 0.1) is 0 Å². The fraction of sp³-hybridized carbons (Fsp3) is 0.643. The molecule has 1 atom stereocenters. The van der Waals surface area contributed by atoms with Crippen molar-refractivity contribution in [3.8, 4) is 5.88 Å². The normalized spacial score (nSPS) is 19.4. The molecule has 1 aliphatic heterocycles. The maximum atomic E-state index is 5.70. The number of hydrogen-bond acceptors (Lipinski definition) is 4. The van der Waals surface area contributed by atoms with Gasteiger partial charge < -0.3 is 15.4 Å². The van der Waals surface area contributed by atoms with Crippen molar-refractivity contribution in [2.24, 2.45) is 0 Å². The van der Waals surface area contributed by atoms with E-state index >= 15 is 0 Å². The Bertz CT molecular complexity index is 362. The summed E-state index contributed by atoms with van der Waals surface area (Å²) in [7, 11) is 0. The van der Waals surface area contributed by atoms with E-state index in [0.717, 1.165) is 31.1 Å². The molecule has 0 saturated carbocycles. The number of nitrogens with zero attached hydrogens (tertiary/aromatic N) is 1. The molecule has 0 spiro atoms. The lowest BCUT2D eigenvalue weighted by Crippen LogP contribution is -2.33. The van der Waals surface area contributed by atoms with E-state index in [-0.39, 0.29) is 6.10 Å². The van der Waals surface area contributed by atoms with E-state index < -0.39 is 0 Å². The first-order valence-corrected chi connectivity index (χ1v) is 6.80. The van der Waals surface area contributed by atoms with Crippen molar-refractivity contribution in [2.45, 2.75) is 45.4 Å². The Labute approximate surface area is 109 Å². The summed E-state index contributed by atoms with van der Waals surface area (Å²) in [5, 5.41) is 6.96. The molecule has 18 heavy (non-hydrogen) atoms. The van der Waals surface area contributed by atoms with Crippen molar-refractivity contribution >= 4 is 0 Å². The van der Waals surface area contributed by atoms with Crippen LogP contribution in [0.25, 0.3) is 0 Å². The van der Waals surface area contributed by atoms with Crippen molar-refractivity contribution in [1.82, 2.24) is 15.6 Å². The lowest BCUT2D eigenvalue weighted by Gasteiger charge is -2.15. The van der Waals surface area contributed by atoms with Gasteiger partial charge in [-0.1, -0.05) is 6.07 Å². The second kappa shape index (κ2) is 6.71. The largest absolute Gasteiger partial charge is 0.475 e. The van der Waals surface area contributed by atoms with E-state index in [1.165, 1.54) is 12.8 Å². The zero-order valence-corrected chi connectivity index (χ0v) is 11.3. The highest BCUT2D eigenvalue weighted by atomic mass is 16.5. The summed E-state index contributed by atoms with van der Waals surface area (Å²) in [4.78, 5) is 4.29. The van der Waals surface area contributed by atoms with Crippen LogP contribution in [0.3, 0.4) is 0 Å². The Morgan fingerprint density at radius 2 is 2.44 bits per heavy atom. The summed E-state index contributed by atoms with van der Waals surface area (Å²) in [6.45, 7) is 7.02. The van der Waals surface area contributed by atoms with Gasteiger partial charge in [0.25, 0.3) is 0 Å². The molecule has 2 heterocycles. The average molecular weight is 249 g/mol. The third-order valence-electron chi connectivity index (χ3n) is 3.07.